The number of rotatable bonds is 6. The van der Waals surface area contributed by atoms with E-state index in [0.29, 0.717) is 101 Å². The molecule has 2 unspecified atom stereocenters. The Hall–Kier alpha value is -8.98. The van der Waals surface area contributed by atoms with E-state index in [9.17, 15) is 19.8 Å². The lowest BCUT2D eigenvalue weighted by atomic mass is 9.88. The molecule has 67 heavy (non-hydrogen) atoms. The lowest BCUT2D eigenvalue weighted by Crippen LogP contribution is -2.34. The predicted molar refractivity (Wildman–Crippen MR) is 255 cm³/mol. The van der Waals surface area contributed by atoms with Gasteiger partial charge in [-0.1, -0.05) is 50.3 Å². The number of hydrogen-bond acceptors (Lipinski definition) is 13. The van der Waals surface area contributed by atoms with Crippen LogP contribution in [0.15, 0.2) is 144 Å². The monoisotopic (exact) mass is 878 g/mol. The van der Waals surface area contributed by atoms with Crippen molar-refractivity contribution in [2.24, 2.45) is 32.3 Å². The number of benzene rings is 6. The summed E-state index contributed by atoms with van der Waals surface area (Å²) in [5.74, 6) is 0.817. The molecule has 0 bridgehead atoms. The first-order valence-electron chi connectivity index (χ1n) is 21.8. The minimum atomic E-state index is -0.169. The molecule has 0 saturated heterocycles. The number of phenolic OH excluding ortho intramolecular Hbond substituents is 2. The Kier molecular flexibility index (Phi) is 8.19. The van der Waals surface area contributed by atoms with E-state index < -0.39 is 0 Å². The number of aromatic nitrogens is 6. The van der Waals surface area contributed by atoms with Gasteiger partial charge < -0.3 is 14.6 Å². The molecule has 2 N–H and O–H groups in total. The number of nitrogens with zero attached hydrogens (tertiary/aromatic N) is 10. The molecule has 0 aliphatic heterocycles. The number of hydrogen-bond donors (Lipinski definition) is 2. The van der Waals surface area contributed by atoms with Gasteiger partial charge in [0.15, 0.2) is 0 Å². The SMILES string of the molecule is CC1C=Cc2c(nc3c4cc(O)c(N=Nc5ccc(-c6nnc(-c7ccc(N=Nc8c(O)cc9c%10c8CC(C)C=c%10c(=O)n8c%10ccccc%10nc98)cc7)o6)cc5)c5cccc(c(=O)n23)c54)C1. The molecule has 2 aliphatic rings. The summed E-state index contributed by atoms with van der Waals surface area (Å²) in [4.78, 5) is 37.4. The highest BCUT2D eigenvalue weighted by molar-refractivity contribution is 6.19. The van der Waals surface area contributed by atoms with E-state index >= 15 is 0 Å². The molecule has 11 aromatic rings. The molecule has 6 aromatic carbocycles. The fourth-order valence-electron chi connectivity index (χ4n) is 9.83. The van der Waals surface area contributed by atoms with Crippen molar-refractivity contribution in [1.82, 2.24) is 29.0 Å². The maximum Gasteiger partial charge on any atom is 0.264 e. The van der Waals surface area contributed by atoms with E-state index in [1.54, 1.807) is 81.6 Å². The Labute approximate surface area is 377 Å². The molecule has 5 aromatic heterocycles. The van der Waals surface area contributed by atoms with E-state index in [1.165, 1.54) is 0 Å². The molecule has 13 rings (SSSR count). The van der Waals surface area contributed by atoms with Gasteiger partial charge in [-0.05, 0) is 115 Å². The number of imidazole rings is 2. The molecule has 322 valence electrons. The molecule has 2 atom stereocenters. The highest BCUT2D eigenvalue weighted by atomic mass is 16.4. The number of fused-ring (bicyclic) bond motifs is 8. The van der Waals surface area contributed by atoms with Crippen molar-refractivity contribution in [2.45, 2.75) is 26.7 Å². The van der Waals surface area contributed by atoms with Crippen molar-refractivity contribution in [3.63, 3.8) is 0 Å². The number of pyridine rings is 2. The summed E-state index contributed by atoms with van der Waals surface area (Å²) in [6.45, 7) is 4.15. The van der Waals surface area contributed by atoms with Gasteiger partial charge in [0.05, 0.1) is 33.8 Å². The highest BCUT2D eigenvalue weighted by Crippen LogP contribution is 2.44. The third kappa shape index (κ3) is 5.83. The lowest BCUT2D eigenvalue weighted by molar-refractivity contribution is 0.476. The molecular formula is C52H34N10O5. The molecule has 0 amide bonds. The Morgan fingerprint density at radius 3 is 2.00 bits per heavy atom. The van der Waals surface area contributed by atoms with Crippen LogP contribution in [0.4, 0.5) is 22.7 Å². The van der Waals surface area contributed by atoms with Crippen LogP contribution in [-0.2, 0) is 12.8 Å². The van der Waals surface area contributed by atoms with Crippen molar-refractivity contribution < 1.29 is 14.6 Å². The van der Waals surface area contributed by atoms with Gasteiger partial charge in [-0.2, -0.15) is 10.2 Å². The number of aromatic hydroxyl groups is 2. The van der Waals surface area contributed by atoms with Crippen LogP contribution >= 0.6 is 0 Å². The predicted octanol–water partition coefficient (Wildman–Crippen LogP) is 10.6. The zero-order chi connectivity index (χ0) is 45.2. The van der Waals surface area contributed by atoms with Crippen LogP contribution in [0.5, 0.6) is 11.5 Å². The molecule has 15 nitrogen and oxygen atoms in total. The average molecular weight is 879 g/mol. The second-order valence-electron chi connectivity index (χ2n) is 17.3. The second kappa shape index (κ2) is 14.3. The van der Waals surface area contributed by atoms with Crippen molar-refractivity contribution >= 4 is 89.5 Å². The second-order valence-corrected chi connectivity index (χ2v) is 17.3. The first-order valence-corrected chi connectivity index (χ1v) is 21.8. The Morgan fingerprint density at radius 1 is 0.627 bits per heavy atom. The van der Waals surface area contributed by atoms with Crippen LogP contribution in [0, 0.1) is 11.8 Å². The van der Waals surface area contributed by atoms with Crippen LogP contribution < -0.4 is 16.3 Å². The van der Waals surface area contributed by atoms with E-state index in [0.717, 1.165) is 34.3 Å². The van der Waals surface area contributed by atoms with Crippen LogP contribution in [0.1, 0.15) is 30.8 Å². The molecular weight excluding hydrogens is 845 g/mol. The van der Waals surface area contributed by atoms with Crippen molar-refractivity contribution in [3.05, 3.63) is 152 Å². The van der Waals surface area contributed by atoms with Crippen LogP contribution in [0.25, 0.3) is 89.7 Å². The quantitative estimate of drug-likeness (QED) is 0.153. The first kappa shape index (κ1) is 38.5. The summed E-state index contributed by atoms with van der Waals surface area (Å²) in [6.07, 6.45) is 7.34. The zero-order valence-electron chi connectivity index (χ0n) is 35.7. The lowest BCUT2D eigenvalue weighted by Gasteiger charge is -2.19. The number of allylic oxidation sites excluding steroid dienone is 1. The van der Waals surface area contributed by atoms with Gasteiger partial charge in [0, 0.05) is 48.7 Å². The largest absolute Gasteiger partial charge is 0.506 e. The molecule has 0 radical (unpaired) electrons. The van der Waals surface area contributed by atoms with E-state index in [2.05, 4.69) is 43.7 Å². The fourth-order valence-corrected chi connectivity index (χ4v) is 9.83. The Balaban J connectivity index is 0.756. The van der Waals surface area contributed by atoms with E-state index in [4.69, 9.17) is 14.4 Å². The smallest absolute Gasteiger partial charge is 0.264 e. The molecule has 15 heteroatoms. The van der Waals surface area contributed by atoms with Crippen molar-refractivity contribution in [2.75, 3.05) is 0 Å². The van der Waals surface area contributed by atoms with Gasteiger partial charge in [0.1, 0.15) is 34.2 Å². The maximum atomic E-state index is 13.9. The van der Waals surface area contributed by atoms with Crippen LogP contribution in [0.2, 0.25) is 0 Å². The van der Waals surface area contributed by atoms with Gasteiger partial charge in [-0.25, -0.2) is 9.97 Å². The van der Waals surface area contributed by atoms with Gasteiger partial charge in [-0.3, -0.25) is 18.4 Å². The van der Waals surface area contributed by atoms with Gasteiger partial charge in [-0.15, -0.1) is 20.4 Å². The molecule has 5 heterocycles. The molecule has 0 fully saturated rings. The summed E-state index contributed by atoms with van der Waals surface area (Å²) in [7, 11) is 0. The summed E-state index contributed by atoms with van der Waals surface area (Å²) in [5.41, 5.74) is 7.45. The third-order valence-electron chi connectivity index (χ3n) is 12.9. The van der Waals surface area contributed by atoms with E-state index in [-0.39, 0.29) is 34.2 Å². The minimum absolute atomic E-state index is 0.0294. The molecule has 2 aliphatic carbocycles. The third-order valence-corrected chi connectivity index (χ3v) is 12.9. The summed E-state index contributed by atoms with van der Waals surface area (Å²) in [5, 5.41) is 53.6. The van der Waals surface area contributed by atoms with Crippen LogP contribution in [-0.4, -0.2) is 39.2 Å². The standard InChI is InChI=1S/C52H34N10O5/c1-25-10-19-40-38(22-25)54-48-34-23-41(63)45(31-6-5-7-32(43(31)34)51(65)62(40)48)57-55-29-15-11-27(12-16-29)49-59-60-50(67-49)28-13-17-30(18-14-28)56-58-46-33-20-26(2)21-36-44(33)35(24-42(46)64)47-53-37-8-3-4-9-39(37)61(47)52(36)66/h3-19,21,23-26,63-64H,20,22H2,1-2H3. The normalized spacial score (nSPS) is 16.0. The van der Waals surface area contributed by atoms with Gasteiger partial charge in [0.2, 0.25) is 11.8 Å². The first-order chi connectivity index (χ1) is 32.7. The minimum Gasteiger partial charge on any atom is -0.506 e. The number of para-hydroxylation sites is 2. The van der Waals surface area contributed by atoms with Gasteiger partial charge >= 0.3 is 0 Å². The van der Waals surface area contributed by atoms with Gasteiger partial charge in [0.25, 0.3) is 11.1 Å². The summed E-state index contributed by atoms with van der Waals surface area (Å²) >= 11 is 0. The average Bonchev–Trinajstić information content (AvgIpc) is 4.09. The maximum absolute atomic E-state index is 13.9. The summed E-state index contributed by atoms with van der Waals surface area (Å²) in [6, 6.07) is 30.4. The highest BCUT2D eigenvalue weighted by Gasteiger charge is 2.26. The molecule has 0 spiro atoms. The zero-order valence-corrected chi connectivity index (χ0v) is 35.7. The van der Waals surface area contributed by atoms with Crippen molar-refractivity contribution in [3.8, 4) is 34.4 Å². The number of phenols is 2. The topological polar surface area (TPSA) is 198 Å². The Bertz CT molecular complexity index is 4210. The summed E-state index contributed by atoms with van der Waals surface area (Å²) < 4.78 is 9.34. The fraction of sp³-hybridized carbons (Fsp3) is 0.115. The van der Waals surface area contributed by atoms with Crippen LogP contribution in [0.3, 0.4) is 0 Å². The Morgan fingerprint density at radius 2 is 1.27 bits per heavy atom. The molecule has 0 saturated carbocycles. The van der Waals surface area contributed by atoms with Crippen molar-refractivity contribution in [1.29, 1.82) is 0 Å². The van der Waals surface area contributed by atoms with E-state index in [1.807, 2.05) is 49.4 Å². The number of azo groups is 2.